The predicted molar refractivity (Wildman–Crippen MR) is 82.2 cm³/mol. The van der Waals surface area contributed by atoms with E-state index in [2.05, 4.69) is 5.32 Å². The number of methoxy groups -OCH3 is 1. The summed E-state index contributed by atoms with van der Waals surface area (Å²) in [5.41, 5.74) is 0.689. The van der Waals surface area contributed by atoms with Gasteiger partial charge in [-0.05, 0) is 44.5 Å². The van der Waals surface area contributed by atoms with E-state index in [4.69, 9.17) is 9.47 Å². The van der Waals surface area contributed by atoms with Gasteiger partial charge in [0.05, 0.1) is 18.8 Å². The quantitative estimate of drug-likeness (QED) is 0.865. The van der Waals surface area contributed by atoms with Crippen molar-refractivity contribution in [1.82, 2.24) is 5.32 Å². The number of ether oxygens (including phenoxy) is 2. The number of nitrogens with one attached hydrogen (secondary N) is 1. The highest BCUT2D eigenvalue weighted by Gasteiger charge is 2.41. The molecular weight excluding hydrogens is 269 g/mol. The van der Waals surface area contributed by atoms with Gasteiger partial charge in [-0.2, -0.15) is 0 Å². The van der Waals surface area contributed by atoms with Crippen molar-refractivity contribution in [2.45, 2.75) is 50.7 Å². The van der Waals surface area contributed by atoms with Gasteiger partial charge in [-0.3, -0.25) is 0 Å². The Balaban J connectivity index is 2.33. The Morgan fingerprint density at radius 1 is 1.29 bits per heavy atom. The third-order valence-corrected chi connectivity index (χ3v) is 4.46. The molecule has 1 atom stereocenters. The summed E-state index contributed by atoms with van der Waals surface area (Å²) in [6.07, 6.45) is 5.61. The molecule has 1 N–H and O–H groups in total. The van der Waals surface area contributed by atoms with Crippen molar-refractivity contribution in [2.24, 2.45) is 0 Å². The van der Waals surface area contributed by atoms with Crippen molar-refractivity contribution < 1.29 is 13.9 Å². The predicted octanol–water partition coefficient (Wildman–Crippen LogP) is 3.83. The van der Waals surface area contributed by atoms with Crippen molar-refractivity contribution in [3.8, 4) is 5.75 Å². The molecular formula is C17H26FNO2. The van der Waals surface area contributed by atoms with E-state index in [1.807, 2.05) is 20.0 Å². The van der Waals surface area contributed by atoms with Gasteiger partial charge in [0.15, 0.2) is 11.6 Å². The lowest BCUT2D eigenvalue weighted by molar-refractivity contribution is -0.0899. The molecule has 0 aromatic heterocycles. The smallest absolute Gasteiger partial charge is 0.165 e. The number of rotatable bonds is 6. The van der Waals surface area contributed by atoms with Gasteiger partial charge in [-0.1, -0.05) is 25.3 Å². The van der Waals surface area contributed by atoms with Crippen LogP contribution in [0.5, 0.6) is 5.75 Å². The summed E-state index contributed by atoms with van der Waals surface area (Å²) in [6.45, 7) is 2.70. The summed E-state index contributed by atoms with van der Waals surface area (Å²) in [4.78, 5) is 0. The van der Waals surface area contributed by atoms with Crippen LogP contribution in [0, 0.1) is 5.82 Å². The average Bonchev–Trinajstić information content (AvgIpc) is 2.49. The van der Waals surface area contributed by atoms with E-state index in [1.165, 1.54) is 13.5 Å². The van der Waals surface area contributed by atoms with Crippen LogP contribution in [0.4, 0.5) is 4.39 Å². The normalized spacial score (nSPS) is 19.2. The van der Waals surface area contributed by atoms with Gasteiger partial charge in [0.25, 0.3) is 0 Å². The van der Waals surface area contributed by atoms with Crippen LogP contribution in [0.15, 0.2) is 18.2 Å². The van der Waals surface area contributed by atoms with E-state index >= 15 is 0 Å². The van der Waals surface area contributed by atoms with Gasteiger partial charge >= 0.3 is 0 Å². The van der Waals surface area contributed by atoms with Crippen LogP contribution < -0.4 is 10.1 Å². The molecule has 1 aliphatic rings. The highest BCUT2D eigenvalue weighted by Crippen LogP contribution is 2.42. The molecule has 1 unspecified atom stereocenters. The fourth-order valence-electron chi connectivity index (χ4n) is 3.55. The summed E-state index contributed by atoms with van der Waals surface area (Å²) < 4.78 is 25.2. The van der Waals surface area contributed by atoms with Crippen molar-refractivity contribution in [3.05, 3.63) is 29.6 Å². The van der Waals surface area contributed by atoms with Gasteiger partial charge in [0.1, 0.15) is 0 Å². The molecule has 0 saturated heterocycles. The minimum atomic E-state index is -0.322. The van der Waals surface area contributed by atoms with Crippen molar-refractivity contribution in [2.75, 3.05) is 20.8 Å². The minimum absolute atomic E-state index is 0.00171. The molecule has 21 heavy (non-hydrogen) atoms. The van der Waals surface area contributed by atoms with E-state index in [-0.39, 0.29) is 23.2 Å². The number of hydrogen-bond acceptors (Lipinski definition) is 3. The lowest BCUT2D eigenvalue weighted by Gasteiger charge is -2.43. The number of hydrogen-bond donors (Lipinski definition) is 1. The molecule has 1 aromatic carbocycles. The highest BCUT2D eigenvalue weighted by molar-refractivity contribution is 5.32. The zero-order valence-electron chi connectivity index (χ0n) is 13.2. The molecule has 1 saturated carbocycles. The van der Waals surface area contributed by atoms with Gasteiger partial charge in [-0.15, -0.1) is 0 Å². The summed E-state index contributed by atoms with van der Waals surface area (Å²) in [7, 11) is 3.40. The second kappa shape index (κ2) is 7.23. The van der Waals surface area contributed by atoms with E-state index < -0.39 is 0 Å². The monoisotopic (exact) mass is 295 g/mol. The molecule has 0 aliphatic heterocycles. The molecule has 0 heterocycles. The van der Waals surface area contributed by atoms with E-state index in [0.717, 1.165) is 31.2 Å². The molecule has 0 radical (unpaired) electrons. The van der Waals surface area contributed by atoms with Crippen LogP contribution in [0.3, 0.4) is 0 Å². The molecule has 1 aromatic rings. The van der Waals surface area contributed by atoms with E-state index in [1.54, 1.807) is 12.1 Å². The SMILES string of the molecule is CCOC1(C(NC)c2ccc(OC)c(F)c2)CCCCC1. The largest absolute Gasteiger partial charge is 0.494 e. The summed E-state index contributed by atoms with van der Waals surface area (Å²) >= 11 is 0. The molecule has 0 bridgehead atoms. The van der Waals surface area contributed by atoms with Gasteiger partial charge in [0, 0.05) is 6.61 Å². The van der Waals surface area contributed by atoms with Crippen molar-refractivity contribution in [1.29, 1.82) is 0 Å². The number of likely N-dealkylation sites (N-methyl/N-ethyl adjacent to an activating group) is 1. The Bertz CT molecular complexity index is 453. The first kappa shape index (κ1) is 16.2. The van der Waals surface area contributed by atoms with Crippen LogP contribution in [-0.2, 0) is 4.74 Å². The zero-order chi connectivity index (χ0) is 15.3. The van der Waals surface area contributed by atoms with Crippen molar-refractivity contribution >= 4 is 0 Å². The Morgan fingerprint density at radius 2 is 2.00 bits per heavy atom. The Kier molecular flexibility index (Phi) is 5.59. The molecule has 1 fully saturated rings. The Hall–Kier alpha value is -1.13. The maximum Gasteiger partial charge on any atom is 0.165 e. The average molecular weight is 295 g/mol. The third-order valence-electron chi connectivity index (χ3n) is 4.46. The molecule has 3 nitrogen and oxygen atoms in total. The van der Waals surface area contributed by atoms with Crippen LogP contribution in [0.25, 0.3) is 0 Å². The first-order valence-corrected chi connectivity index (χ1v) is 7.81. The van der Waals surface area contributed by atoms with Crippen LogP contribution in [0.2, 0.25) is 0 Å². The molecule has 0 spiro atoms. The van der Waals surface area contributed by atoms with Crippen LogP contribution in [-0.4, -0.2) is 26.4 Å². The second-order valence-electron chi connectivity index (χ2n) is 5.67. The summed E-state index contributed by atoms with van der Waals surface area (Å²) in [6, 6.07) is 5.18. The van der Waals surface area contributed by atoms with Crippen LogP contribution in [0.1, 0.15) is 50.6 Å². The van der Waals surface area contributed by atoms with Gasteiger partial charge < -0.3 is 14.8 Å². The summed E-state index contributed by atoms with van der Waals surface area (Å²) in [5.74, 6) is -0.0413. The Morgan fingerprint density at radius 3 is 2.52 bits per heavy atom. The van der Waals surface area contributed by atoms with Gasteiger partial charge in [-0.25, -0.2) is 4.39 Å². The Labute approximate surface area is 126 Å². The fourth-order valence-corrected chi connectivity index (χ4v) is 3.55. The molecule has 0 amide bonds. The fraction of sp³-hybridized carbons (Fsp3) is 0.647. The standard InChI is InChI=1S/C17H26FNO2/c1-4-21-17(10-6-5-7-11-17)16(19-2)13-8-9-15(20-3)14(18)12-13/h8-9,12,16,19H,4-7,10-11H2,1-3H3. The lowest BCUT2D eigenvalue weighted by atomic mass is 9.76. The zero-order valence-corrected chi connectivity index (χ0v) is 13.2. The first-order chi connectivity index (χ1) is 10.2. The van der Waals surface area contributed by atoms with E-state index in [9.17, 15) is 4.39 Å². The number of halogens is 1. The second-order valence-corrected chi connectivity index (χ2v) is 5.67. The first-order valence-electron chi connectivity index (χ1n) is 7.81. The molecule has 2 rings (SSSR count). The van der Waals surface area contributed by atoms with E-state index in [0.29, 0.717) is 6.61 Å². The molecule has 1 aliphatic carbocycles. The van der Waals surface area contributed by atoms with Crippen LogP contribution >= 0.6 is 0 Å². The lowest BCUT2D eigenvalue weighted by Crippen LogP contribution is -2.46. The maximum atomic E-state index is 14.0. The minimum Gasteiger partial charge on any atom is -0.494 e. The topological polar surface area (TPSA) is 30.5 Å². The van der Waals surface area contributed by atoms with Gasteiger partial charge in [0.2, 0.25) is 0 Å². The highest BCUT2D eigenvalue weighted by atomic mass is 19.1. The molecule has 4 heteroatoms. The molecule has 118 valence electrons. The maximum absolute atomic E-state index is 14.0. The van der Waals surface area contributed by atoms with Crippen molar-refractivity contribution in [3.63, 3.8) is 0 Å². The third kappa shape index (κ3) is 3.38. The summed E-state index contributed by atoms with van der Waals surface area (Å²) in [5, 5.41) is 3.35. The number of benzene rings is 1.